The van der Waals surface area contributed by atoms with Crippen molar-refractivity contribution in [3.8, 4) is 0 Å². The van der Waals surface area contributed by atoms with Crippen LogP contribution in [0.15, 0.2) is 42.5 Å². The highest BCUT2D eigenvalue weighted by Gasteiger charge is 2.25. The number of carbonyl (C=O) groups is 2. The smallest absolute Gasteiger partial charge is 0.321 e. The number of nitrogen functional groups attached to an aromatic ring is 1. The highest BCUT2D eigenvalue weighted by molar-refractivity contribution is 6.07. The van der Waals surface area contributed by atoms with E-state index in [0.29, 0.717) is 25.2 Å². The maximum atomic E-state index is 13.0. The first-order valence-electron chi connectivity index (χ1n) is 8.50. The SMILES string of the molecule is Nc1cccc2c1CCCN2C(=O)c1ccc(N2CCNC2=O)cc1. The van der Waals surface area contributed by atoms with Crippen LogP contribution in [0.2, 0.25) is 0 Å². The fourth-order valence-corrected chi connectivity index (χ4v) is 3.52. The summed E-state index contributed by atoms with van der Waals surface area (Å²) in [5, 5.41) is 2.77. The lowest BCUT2D eigenvalue weighted by Crippen LogP contribution is -2.35. The standard InChI is InChI=1S/C19H20N4O2/c20-16-4-1-5-17-15(16)3-2-11-23(17)18(24)13-6-8-14(9-7-13)22-12-10-21-19(22)25/h1,4-9H,2-3,10-12,20H2,(H,21,25). The maximum Gasteiger partial charge on any atom is 0.321 e. The average Bonchev–Trinajstić information content (AvgIpc) is 3.07. The number of hydrogen-bond donors (Lipinski definition) is 2. The third-order valence-corrected chi connectivity index (χ3v) is 4.81. The van der Waals surface area contributed by atoms with Gasteiger partial charge in [0, 0.05) is 42.3 Å². The van der Waals surface area contributed by atoms with Crippen LogP contribution in [-0.2, 0) is 6.42 Å². The Hall–Kier alpha value is -3.02. The number of nitrogens with two attached hydrogens (primary N) is 1. The molecule has 1 saturated heterocycles. The van der Waals surface area contributed by atoms with Crippen molar-refractivity contribution < 1.29 is 9.59 Å². The summed E-state index contributed by atoms with van der Waals surface area (Å²) in [4.78, 5) is 28.2. The van der Waals surface area contributed by atoms with Crippen LogP contribution in [0.4, 0.5) is 21.9 Å². The molecular formula is C19H20N4O2. The minimum atomic E-state index is -0.0977. The van der Waals surface area contributed by atoms with Gasteiger partial charge in [0.1, 0.15) is 0 Å². The Bertz CT molecular complexity index is 832. The zero-order chi connectivity index (χ0) is 17.4. The van der Waals surface area contributed by atoms with Gasteiger partial charge in [0.2, 0.25) is 0 Å². The third kappa shape index (κ3) is 2.69. The van der Waals surface area contributed by atoms with E-state index in [2.05, 4.69) is 5.32 Å². The minimum absolute atomic E-state index is 0.0380. The Labute approximate surface area is 146 Å². The van der Waals surface area contributed by atoms with Gasteiger partial charge in [-0.05, 0) is 54.8 Å². The van der Waals surface area contributed by atoms with Gasteiger partial charge in [0.15, 0.2) is 0 Å². The summed E-state index contributed by atoms with van der Waals surface area (Å²) in [6, 6.07) is 12.8. The zero-order valence-corrected chi connectivity index (χ0v) is 13.9. The van der Waals surface area contributed by atoms with Gasteiger partial charge >= 0.3 is 6.03 Å². The van der Waals surface area contributed by atoms with Crippen molar-refractivity contribution in [3.05, 3.63) is 53.6 Å². The predicted molar refractivity (Wildman–Crippen MR) is 98.0 cm³/mol. The van der Waals surface area contributed by atoms with Gasteiger partial charge in [0.05, 0.1) is 0 Å². The molecule has 3 amide bonds. The predicted octanol–water partition coefficient (Wildman–Crippen LogP) is 2.39. The first-order valence-corrected chi connectivity index (χ1v) is 8.50. The van der Waals surface area contributed by atoms with Gasteiger partial charge in [0.25, 0.3) is 5.91 Å². The number of nitrogens with zero attached hydrogens (tertiary/aromatic N) is 2. The Morgan fingerprint density at radius 3 is 2.60 bits per heavy atom. The summed E-state index contributed by atoms with van der Waals surface area (Å²) in [6.45, 7) is 1.97. The number of amides is 3. The number of anilines is 3. The van der Waals surface area contributed by atoms with Crippen LogP contribution in [0.1, 0.15) is 22.3 Å². The van der Waals surface area contributed by atoms with E-state index in [1.807, 2.05) is 30.3 Å². The van der Waals surface area contributed by atoms with E-state index in [9.17, 15) is 9.59 Å². The Balaban J connectivity index is 1.60. The van der Waals surface area contributed by atoms with Crippen molar-refractivity contribution >= 4 is 29.0 Å². The monoisotopic (exact) mass is 336 g/mol. The van der Waals surface area contributed by atoms with Crippen molar-refractivity contribution in [2.45, 2.75) is 12.8 Å². The summed E-state index contributed by atoms with van der Waals surface area (Å²) < 4.78 is 0. The Morgan fingerprint density at radius 2 is 1.88 bits per heavy atom. The highest BCUT2D eigenvalue weighted by Crippen LogP contribution is 2.32. The molecule has 0 aromatic heterocycles. The molecule has 1 fully saturated rings. The first kappa shape index (κ1) is 15.5. The van der Waals surface area contributed by atoms with Crippen molar-refractivity contribution in [2.24, 2.45) is 0 Å². The molecule has 0 saturated carbocycles. The van der Waals surface area contributed by atoms with Crippen LogP contribution in [0, 0.1) is 0 Å². The summed E-state index contributed by atoms with van der Waals surface area (Å²) >= 11 is 0. The second-order valence-electron chi connectivity index (χ2n) is 6.34. The van der Waals surface area contributed by atoms with Gasteiger partial charge in [-0.25, -0.2) is 4.79 Å². The molecule has 2 aliphatic rings. The molecule has 128 valence electrons. The molecule has 0 spiro atoms. The molecule has 0 radical (unpaired) electrons. The van der Waals surface area contributed by atoms with E-state index in [1.54, 1.807) is 21.9 Å². The summed E-state index contributed by atoms with van der Waals surface area (Å²) in [7, 11) is 0. The summed E-state index contributed by atoms with van der Waals surface area (Å²) in [5.41, 5.74) is 10.2. The number of benzene rings is 2. The molecule has 6 heteroatoms. The number of hydrogen-bond acceptors (Lipinski definition) is 3. The van der Waals surface area contributed by atoms with Gasteiger partial charge in [-0.2, -0.15) is 0 Å². The summed E-state index contributed by atoms with van der Waals surface area (Å²) in [5.74, 6) is -0.0380. The van der Waals surface area contributed by atoms with E-state index < -0.39 is 0 Å². The third-order valence-electron chi connectivity index (χ3n) is 4.81. The minimum Gasteiger partial charge on any atom is -0.398 e. The molecule has 25 heavy (non-hydrogen) atoms. The van der Waals surface area contributed by atoms with E-state index in [0.717, 1.165) is 35.5 Å². The number of rotatable bonds is 2. The molecule has 0 atom stereocenters. The number of fused-ring (bicyclic) bond motifs is 1. The molecule has 2 aromatic carbocycles. The molecule has 4 rings (SSSR count). The lowest BCUT2D eigenvalue weighted by atomic mass is 9.99. The van der Waals surface area contributed by atoms with Crippen LogP contribution >= 0.6 is 0 Å². The lowest BCUT2D eigenvalue weighted by Gasteiger charge is -2.30. The number of nitrogens with one attached hydrogen (secondary N) is 1. The van der Waals surface area contributed by atoms with E-state index in [-0.39, 0.29) is 11.9 Å². The second kappa shape index (κ2) is 6.12. The molecule has 3 N–H and O–H groups in total. The molecule has 2 aliphatic heterocycles. The molecule has 6 nitrogen and oxygen atoms in total. The van der Waals surface area contributed by atoms with Crippen LogP contribution in [-0.4, -0.2) is 31.6 Å². The molecular weight excluding hydrogens is 316 g/mol. The number of urea groups is 1. The molecule has 0 bridgehead atoms. The lowest BCUT2D eigenvalue weighted by molar-refractivity contribution is 0.0985. The molecule has 2 heterocycles. The fourth-order valence-electron chi connectivity index (χ4n) is 3.52. The van der Waals surface area contributed by atoms with Crippen LogP contribution in [0.3, 0.4) is 0 Å². The second-order valence-corrected chi connectivity index (χ2v) is 6.34. The molecule has 2 aromatic rings. The van der Waals surface area contributed by atoms with Crippen molar-refractivity contribution in [1.29, 1.82) is 0 Å². The molecule has 0 unspecified atom stereocenters. The van der Waals surface area contributed by atoms with Crippen molar-refractivity contribution in [2.75, 3.05) is 35.2 Å². The normalized spacial score (nSPS) is 16.6. The molecule has 0 aliphatic carbocycles. The average molecular weight is 336 g/mol. The van der Waals surface area contributed by atoms with Gasteiger partial charge in [-0.1, -0.05) is 6.07 Å². The largest absolute Gasteiger partial charge is 0.398 e. The quantitative estimate of drug-likeness (QED) is 0.827. The Kier molecular flexibility index (Phi) is 3.80. The van der Waals surface area contributed by atoms with Gasteiger partial charge in [-0.15, -0.1) is 0 Å². The first-order chi connectivity index (χ1) is 12.1. The van der Waals surface area contributed by atoms with Gasteiger partial charge in [-0.3, -0.25) is 9.69 Å². The number of carbonyl (C=O) groups excluding carboxylic acids is 2. The van der Waals surface area contributed by atoms with E-state index >= 15 is 0 Å². The highest BCUT2D eigenvalue weighted by atomic mass is 16.2. The van der Waals surface area contributed by atoms with Crippen LogP contribution < -0.4 is 20.9 Å². The topological polar surface area (TPSA) is 78.7 Å². The van der Waals surface area contributed by atoms with Crippen LogP contribution in [0.5, 0.6) is 0 Å². The summed E-state index contributed by atoms with van der Waals surface area (Å²) in [6.07, 6.45) is 1.80. The zero-order valence-electron chi connectivity index (χ0n) is 13.9. The van der Waals surface area contributed by atoms with Gasteiger partial charge < -0.3 is 16.0 Å². The van der Waals surface area contributed by atoms with Crippen molar-refractivity contribution in [3.63, 3.8) is 0 Å². The van der Waals surface area contributed by atoms with Crippen LogP contribution in [0.25, 0.3) is 0 Å². The maximum absolute atomic E-state index is 13.0. The van der Waals surface area contributed by atoms with Crippen molar-refractivity contribution in [1.82, 2.24) is 5.32 Å². The van der Waals surface area contributed by atoms with E-state index in [4.69, 9.17) is 5.73 Å². The van der Waals surface area contributed by atoms with E-state index in [1.165, 1.54) is 0 Å². The fraction of sp³-hybridized carbons (Fsp3) is 0.263. The Morgan fingerprint density at radius 1 is 1.08 bits per heavy atom.